The minimum atomic E-state index is -0.875. The highest BCUT2D eigenvalue weighted by Gasteiger charge is 2.35. The van der Waals surface area contributed by atoms with Gasteiger partial charge in [0.2, 0.25) is 0 Å². The van der Waals surface area contributed by atoms with E-state index < -0.39 is 10.8 Å². The molecule has 0 nitrogen and oxygen atoms in total. The van der Waals surface area contributed by atoms with Crippen LogP contribution in [0.4, 0.5) is 0 Å². The maximum Gasteiger partial charge on any atom is 0.0632 e. The third-order valence-corrected chi connectivity index (χ3v) is 3.75. The van der Waals surface area contributed by atoms with Crippen molar-refractivity contribution in [2.75, 3.05) is 0 Å². The summed E-state index contributed by atoms with van der Waals surface area (Å²) in [5.74, 6) is 0. The van der Waals surface area contributed by atoms with Gasteiger partial charge < -0.3 is 0 Å². The lowest BCUT2D eigenvalue weighted by Crippen LogP contribution is -2.16. The van der Waals surface area contributed by atoms with Crippen molar-refractivity contribution in [1.29, 1.82) is 0 Å². The van der Waals surface area contributed by atoms with Gasteiger partial charge in [0.15, 0.2) is 0 Å². The normalized spacial score (nSPS) is 21.2. The number of hydrogen-bond acceptors (Lipinski definition) is 0. The molecule has 0 spiro atoms. The Bertz CT molecular complexity index is 966. The van der Waals surface area contributed by atoms with E-state index in [1.165, 1.54) is 0 Å². The largest absolute Gasteiger partial charge is 0.0632 e. The highest BCUT2D eigenvalue weighted by molar-refractivity contribution is 5.81. The second-order valence-electron chi connectivity index (χ2n) is 6.62. The zero-order valence-corrected chi connectivity index (χ0v) is 12.0. The second-order valence-corrected chi connectivity index (χ2v) is 6.62. The van der Waals surface area contributed by atoms with Crippen molar-refractivity contribution in [3.8, 4) is 11.1 Å². The molecule has 0 heterocycles. The molecule has 0 saturated heterocycles. The van der Waals surface area contributed by atoms with Gasteiger partial charge in [0.05, 0.1) is 9.60 Å². The van der Waals surface area contributed by atoms with Gasteiger partial charge >= 0.3 is 0 Å². The Kier molecular flexibility index (Phi) is 1.32. The van der Waals surface area contributed by atoms with Gasteiger partial charge in [-0.2, -0.15) is 0 Å². The van der Waals surface area contributed by atoms with Gasteiger partial charge in [-0.05, 0) is 33.2 Å². The van der Waals surface area contributed by atoms with Crippen LogP contribution in [-0.2, 0) is 10.8 Å². The molecule has 0 bridgehead atoms. The van der Waals surface area contributed by atoms with Crippen molar-refractivity contribution in [2.24, 2.45) is 0 Å². The maximum atomic E-state index is 8.76. The Morgan fingerprint density at radius 3 is 2.21 bits per heavy atom. The molecule has 0 N–H and O–H groups in total. The van der Waals surface area contributed by atoms with Crippen molar-refractivity contribution in [2.45, 2.75) is 45.4 Å². The van der Waals surface area contributed by atoms with Crippen LogP contribution in [0.1, 0.15) is 60.9 Å². The molecule has 2 aromatic rings. The Hall–Kier alpha value is -1.56. The molecule has 0 aromatic heterocycles. The molecule has 0 atom stereocenters. The van der Waals surface area contributed by atoms with E-state index in [4.69, 9.17) is 9.60 Å². The van der Waals surface area contributed by atoms with Crippen LogP contribution in [0.5, 0.6) is 0 Å². The van der Waals surface area contributed by atoms with E-state index in [1.54, 1.807) is 13.8 Å². The Balaban J connectivity index is 2.63. The average molecular weight is 257 g/mol. The Morgan fingerprint density at radius 2 is 1.53 bits per heavy atom. The molecule has 2 aromatic carbocycles. The van der Waals surface area contributed by atoms with E-state index in [1.807, 2.05) is 20.8 Å². The fraction of sp³-hybridized carbons (Fsp3) is 0.368. The lowest BCUT2D eigenvalue weighted by Gasteiger charge is -2.23. The summed E-state index contributed by atoms with van der Waals surface area (Å²) in [5.41, 5.74) is 0.561. The van der Waals surface area contributed by atoms with Gasteiger partial charge in [0.1, 0.15) is 0 Å². The third-order valence-electron chi connectivity index (χ3n) is 3.75. The zero-order chi connectivity index (χ0) is 19.9. The fourth-order valence-electron chi connectivity index (χ4n) is 2.53. The smallest absolute Gasteiger partial charge is 0.0619 e. The van der Waals surface area contributed by atoms with Crippen molar-refractivity contribution in [3.05, 3.63) is 59.0 Å². The quantitative estimate of drug-likeness (QED) is 0.601. The van der Waals surface area contributed by atoms with E-state index in [0.717, 1.165) is 0 Å². The summed E-state index contributed by atoms with van der Waals surface area (Å²) >= 11 is 0. The van der Waals surface area contributed by atoms with E-state index in [0.29, 0.717) is 27.8 Å². The topological polar surface area (TPSA) is 0 Å². The number of hydrogen-bond donors (Lipinski definition) is 0. The van der Waals surface area contributed by atoms with Crippen molar-refractivity contribution in [3.63, 3.8) is 0 Å². The van der Waals surface area contributed by atoms with Crippen molar-refractivity contribution < 1.29 is 9.60 Å². The molecule has 0 amide bonds. The molecule has 0 unspecified atom stereocenters. The molecule has 0 saturated carbocycles. The van der Waals surface area contributed by atoms with Crippen LogP contribution in [0, 0.1) is 0 Å². The first-order valence-corrected chi connectivity index (χ1v) is 6.50. The first-order valence-electron chi connectivity index (χ1n) is 10.0. The van der Waals surface area contributed by atoms with Crippen molar-refractivity contribution in [1.82, 2.24) is 0 Å². The van der Waals surface area contributed by atoms with E-state index in [2.05, 4.69) is 0 Å². The predicted octanol–water partition coefficient (Wildman–Crippen LogP) is 5.29. The SMILES string of the molecule is [2H]c1c([2H])c([2H])c2c(c1[2H])-c1c([2H])c(C(C)(C)C)c([2H])c([2H])c1C2(C)C. The summed E-state index contributed by atoms with van der Waals surface area (Å²) in [6, 6.07) is -0.879. The molecule has 1 aliphatic rings. The lowest BCUT2D eigenvalue weighted by molar-refractivity contribution is 0.589. The third kappa shape index (κ3) is 1.74. The first kappa shape index (κ1) is 6.74. The summed E-state index contributed by atoms with van der Waals surface area (Å²) in [7, 11) is 0. The van der Waals surface area contributed by atoms with Crippen LogP contribution in [0.3, 0.4) is 0 Å². The highest BCUT2D eigenvalue weighted by atomic mass is 14.4. The summed E-state index contributed by atoms with van der Waals surface area (Å²) in [6.45, 7) is 9.24. The maximum absolute atomic E-state index is 8.76. The molecule has 0 radical (unpaired) electrons. The molecule has 1 aliphatic carbocycles. The Morgan fingerprint density at radius 1 is 0.895 bits per heavy atom. The first-order chi connectivity index (χ1) is 11.7. The predicted molar refractivity (Wildman–Crippen MR) is 82.7 cm³/mol. The minimum absolute atomic E-state index is 0.000939. The van der Waals surface area contributed by atoms with E-state index >= 15 is 0 Å². The van der Waals surface area contributed by atoms with Gasteiger partial charge in [-0.25, -0.2) is 0 Å². The highest BCUT2D eigenvalue weighted by Crippen LogP contribution is 2.49. The standard InChI is InChI=1S/C19H22/c1-18(2,3)13-10-11-17-15(12-13)14-8-6-7-9-16(14)19(17,4)5/h6-12H,1-5H3/i6D,7D,8D,9D,10D,11D,12D. The van der Waals surface area contributed by atoms with Gasteiger partial charge in [-0.1, -0.05) is 76.9 Å². The molecule has 0 fully saturated rings. The number of fused-ring (bicyclic) bond motifs is 3. The van der Waals surface area contributed by atoms with Crippen LogP contribution in [0.25, 0.3) is 11.1 Å². The van der Waals surface area contributed by atoms with Crippen LogP contribution in [0.2, 0.25) is 0 Å². The van der Waals surface area contributed by atoms with Crippen molar-refractivity contribution >= 4 is 0 Å². The molecular weight excluding hydrogens is 228 g/mol. The molecular formula is C19H22. The molecule has 0 heteroatoms. The molecule has 19 heavy (non-hydrogen) atoms. The fourth-order valence-corrected chi connectivity index (χ4v) is 2.53. The van der Waals surface area contributed by atoms with E-state index in [-0.39, 0.29) is 42.3 Å². The van der Waals surface area contributed by atoms with Gasteiger partial charge in [0, 0.05) is 5.41 Å². The summed E-state index contributed by atoms with van der Waals surface area (Å²) in [6.07, 6.45) is 0. The lowest BCUT2D eigenvalue weighted by atomic mass is 9.80. The summed E-state index contributed by atoms with van der Waals surface area (Å²) in [5, 5.41) is 0. The van der Waals surface area contributed by atoms with Crippen LogP contribution < -0.4 is 0 Å². The van der Waals surface area contributed by atoms with Gasteiger partial charge in [0.25, 0.3) is 0 Å². The number of rotatable bonds is 0. The van der Waals surface area contributed by atoms with Crippen LogP contribution in [-0.4, -0.2) is 0 Å². The van der Waals surface area contributed by atoms with E-state index in [9.17, 15) is 0 Å². The van der Waals surface area contributed by atoms with Crippen LogP contribution >= 0.6 is 0 Å². The summed E-state index contributed by atoms with van der Waals surface area (Å²) in [4.78, 5) is 0. The average Bonchev–Trinajstić information content (AvgIpc) is 2.75. The van der Waals surface area contributed by atoms with Gasteiger partial charge in [-0.3, -0.25) is 0 Å². The second kappa shape index (κ2) is 3.72. The number of benzene rings is 2. The summed E-state index contributed by atoms with van der Waals surface area (Å²) < 4.78 is 58.6. The molecule has 98 valence electrons. The van der Waals surface area contributed by atoms with Gasteiger partial charge in [-0.15, -0.1) is 0 Å². The molecule has 3 rings (SSSR count). The minimum Gasteiger partial charge on any atom is -0.0619 e. The Labute approximate surface area is 126 Å². The monoisotopic (exact) mass is 257 g/mol. The molecule has 0 aliphatic heterocycles. The van der Waals surface area contributed by atoms with Crippen LogP contribution in [0.15, 0.2) is 42.3 Å². The zero-order valence-electron chi connectivity index (χ0n) is 19.0.